The number of aryl methyl sites for hydroxylation is 1. The van der Waals surface area contributed by atoms with Crippen molar-refractivity contribution in [2.75, 3.05) is 0 Å². The van der Waals surface area contributed by atoms with E-state index >= 15 is 0 Å². The molecule has 0 aliphatic rings. The Labute approximate surface area is 211 Å². The lowest BCUT2D eigenvalue weighted by Crippen LogP contribution is -2.13. The predicted molar refractivity (Wildman–Crippen MR) is 127 cm³/mol. The Kier molecular flexibility index (Phi) is 6.81. The van der Waals surface area contributed by atoms with Gasteiger partial charge in [0.05, 0.1) is 15.9 Å². The minimum Gasteiger partial charge on any atom is -0.478 e. The highest BCUT2D eigenvalue weighted by atomic mass is 79.9. The Morgan fingerprint density at radius 2 is 2.06 bits per heavy atom. The molecule has 3 heterocycles. The lowest BCUT2D eigenvalue weighted by Gasteiger charge is -2.19. The van der Waals surface area contributed by atoms with Gasteiger partial charge in [0.15, 0.2) is 17.0 Å². The molecule has 0 unspecified atom stereocenters. The first-order chi connectivity index (χ1) is 16.7. The van der Waals surface area contributed by atoms with Gasteiger partial charge < -0.3 is 14.9 Å². The average Bonchev–Trinajstić information content (AvgIpc) is 3.35. The third kappa shape index (κ3) is 5.16. The first kappa shape index (κ1) is 24.3. The molecule has 13 heteroatoms. The quantitative estimate of drug-likeness (QED) is 0.228. The molecular weight excluding hydrogens is 545 g/mol. The standard InChI is InChI=1S/C22H16BrClFN7O3/c1-12(35-20-5-13(23)11-27-22(20)32(33)34)18-6-14(25)3-4-19(18)31-17(9-21(24)29-31)8-16-7-15(10-26)28-30(16)2/h3-7,9,11-12H,8H2,1-2H3/t12-/m1/s1. The van der Waals surface area contributed by atoms with E-state index in [0.717, 1.165) is 5.69 Å². The van der Waals surface area contributed by atoms with Crippen molar-refractivity contribution in [2.24, 2.45) is 7.05 Å². The van der Waals surface area contributed by atoms with E-state index in [1.807, 2.05) is 6.07 Å². The molecule has 0 aliphatic heterocycles. The fourth-order valence-corrected chi connectivity index (χ4v) is 4.08. The number of rotatable bonds is 7. The molecule has 35 heavy (non-hydrogen) atoms. The van der Waals surface area contributed by atoms with Gasteiger partial charge in [0.2, 0.25) is 5.75 Å². The van der Waals surface area contributed by atoms with Gasteiger partial charge in [-0.05, 0) is 63.1 Å². The van der Waals surface area contributed by atoms with Crippen molar-refractivity contribution in [1.82, 2.24) is 24.5 Å². The molecule has 0 saturated heterocycles. The summed E-state index contributed by atoms with van der Waals surface area (Å²) >= 11 is 9.45. The van der Waals surface area contributed by atoms with Crippen molar-refractivity contribution >= 4 is 33.3 Å². The van der Waals surface area contributed by atoms with E-state index in [0.29, 0.717) is 27.8 Å². The number of ether oxygens (including phenoxy) is 1. The van der Waals surface area contributed by atoms with Gasteiger partial charge in [-0.25, -0.2) is 9.07 Å². The number of nitro groups is 1. The highest BCUT2D eigenvalue weighted by Crippen LogP contribution is 2.34. The number of hydrogen-bond donors (Lipinski definition) is 0. The monoisotopic (exact) mass is 559 g/mol. The molecule has 1 atom stereocenters. The smallest absolute Gasteiger partial charge is 0.406 e. The zero-order valence-corrected chi connectivity index (χ0v) is 20.7. The van der Waals surface area contributed by atoms with E-state index < -0.39 is 22.7 Å². The van der Waals surface area contributed by atoms with Crippen LogP contribution in [0.4, 0.5) is 10.2 Å². The van der Waals surface area contributed by atoms with Crippen LogP contribution in [-0.4, -0.2) is 29.5 Å². The molecule has 0 fully saturated rings. The van der Waals surface area contributed by atoms with Gasteiger partial charge in [-0.3, -0.25) is 4.68 Å². The number of pyridine rings is 1. The summed E-state index contributed by atoms with van der Waals surface area (Å²) in [4.78, 5) is 14.5. The van der Waals surface area contributed by atoms with Crippen LogP contribution < -0.4 is 4.74 Å². The fourth-order valence-electron chi connectivity index (χ4n) is 3.57. The first-order valence-electron chi connectivity index (χ1n) is 10.1. The molecule has 4 aromatic rings. The molecule has 0 radical (unpaired) electrons. The summed E-state index contributed by atoms with van der Waals surface area (Å²) in [5.74, 6) is -1.07. The van der Waals surface area contributed by atoms with Gasteiger partial charge in [-0.2, -0.15) is 15.5 Å². The van der Waals surface area contributed by atoms with Gasteiger partial charge >= 0.3 is 5.82 Å². The summed E-state index contributed by atoms with van der Waals surface area (Å²) < 4.78 is 23.8. The lowest BCUT2D eigenvalue weighted by molar-refractivity contribution is -0.390. The minimum atomic E-state index is -0.826. The lowest BCUT2D eigenvalue weighted by atomic mass is 10.1. The average molecular weight is 561 g/mol. The number of benzene rings is 1. The zero-order valence-electron chi connectivity index (χ0n) is 18.3. The summed E-state index contributed by atoms with van der Waals surface area (Å²) in [5, 5.41) is 29.2. The fraction of sp³-hybridized carbons (Fsp3) is 0.182. The van der Waals surface area contributed by atoms with Gasteiger partial charge in [-0.15, -0.1) is 0 Å². The summed E-state index contributed by atoms with van der Waals surface area (Å²) in [6.07, 6.45) is 0.795. The third-order valence-corrected chi connectivity index (χ3v) is 5.76. The highest BCUT2D eigenvalue weighted by molar-refractivity contribution is 9.10. The molecule has 0 amide bonds. The second kappa shape index (κ2) is 9.81. The number of halogens is 3. The molecule has 178 valence electrons. The maximum absolute atomic E-state index is 14.3. The molecule has 0 spiro atoms. The number of aromatic nitrogens is 5. The van der Waals surface area contributed by atoms with E-state index in [1.54, 1.807) is 35.5 Å². The van der Waals surface area contributed by atoms with Crippen LogP contribution >= 0.6 is 27.5 Å². The van der Waals surface area contributed by atoms with Gasteiger partial charge in [0.1, 0.15) is 18.0 Å². The summed E-state index contributed by atoms with van der Waals surface area (Å²) in [5.41, 5.74) is 2.51. The maximum atomic E-state index is 14.3. The first-order valence-corrected chi connectivity index (χ1v) is 11.3. The van der Waals surface area contributed by atoms with Crippen LogP contribution in [0.1, 0.15) is 35.7 Å². The van der Waals surface area contributed by atoms with E-state index in [2.05, 4.69) is 31.1 Å². The van der Waals surface area contributed by atoms with Crippen LogP contribution in [0.2, 0.25) is 5.15 Å². The minimum absolute atomic E-state index is 0.0790. The van der Waals surface area contributed by atoms with Crippen LogP contribution in [0.15, 0.2) is 47.1 Å². The second-order valence-electron chi connectivity index (χ2n) is 7.50. The maximum Gasteiger partial charge on any atom is 0.406 e. The molecule has 1 aromatic carbocycles. The largest absolute Gasteiger partial charge is 0.478 e. The highest BCUT2D eigenvalue weighted by Gasteiger charge is 2.24. The number of hydrogen-bond acceptors (Lipinski definition) is 7. The van der Waals surface area contributed by atoms with E-state index in [4.69, 9.17) is 21.6 Å². The topological polar surface area (TPSA) is 125 Å². The second-order valence-corrected chi connectivity index (χ2v) is 8.80. The molecule has 10 nitrogen and oxygen atoms in total. The Morgan fingerprint density at radius 3 is 2.74 bits per heavy atom. The van der Waals surface area contributed by atoms with Gasteiger partial charge in [-0.1, -0.05) is 11.6 Å². The Bertz CT molecular complexity index is 1480. The summed E-state index contributed by atoms with van der Waals surface area (Å²) in [6.45, 7) is 1.63. The molecule has 0 saturated carbocycles. The van der Waals surface area contributed by atoms with Crippen LogP contribution in [0.3, 0.4) is 0 Å². The van der Waals surface area contributed by atoms with Crippen molar-refractivity contribution in [3.63, 3.8) is 0 Å². The number of nitrogens with zero attached hydrogens (tertiary/aromatic N) is 7. The van der Waals surface area contributed by atoms with Crippen LogP contribution in [0, 0.1) is 27.3 Å². The molecule has 3 aromatic heterocycles. The number of nitriles is 1. The van der Waals surface area contributed by atoms with Crippen molar-refractivity contribution < 1.29 is 14.1 Å². The SMILES string of the molecule is C[C@@H](Oc1cc(Br)cnc1[N+](=O)[O-])c1cc(F)ccc1-n1nc(Cl)cc1Cc1cc(C#N)nn1C. The van der Waals surface area contributed by atoms with Crippen molar-refractivity contribution in [1.29, 1.82) is 5.26 Å². The Morgan fingerprint density at radius 1 is 1.29 bits per heavy atom. The van der Waals surface area contributed by atoms with Crippen LogP contribution in [0.5, 0.6) is 5.75 Å². The molecule has 4 rings (SSSR count). The zero-order chi connectivity index (χ0) is 25.3. The molecule has 0 N–H and O–H groups in total. The van der Waals surface area contributed by atoms with E-state index in [1.165, 1.54) is 30.5 Å². The van der Waals surface area contributed by atoms with Crippen LogP contribution in [-0.2, 0) is 13.5 Å². The van der Waals surface area contributed by atoms with E-state index in [9.17, 15) is 14.5 Å². The van der Waals surface area contributed by atoms with Crippen molar-refractivity contribution in [2.45, 2.75) is 19.4 Å². The predicted octanol–water partition coefficient (Wildman–Crippen LogP) is 5.07. The normalized spacial score (nSPS) is 11.8. The summed E-state index contributed by atoms with van der Waals surface area (Å²) in [7, 11) is 1.72. The molecule has 0 bridgehead atoms. The van der Waals surface area contributed by atoms with Crippen molar-refractivity contribution in [3.8, 4) is 17.5 Å². The van der Waals surface area contributed by atoms with Crippen molar-refractivity contribution in [3.05, 3.63) is 90.8 Å². The summed E-state index contributed by atoms with van der Waals surface area (Å²) in [6, 6.07) is 10.8. The van der Waals surface area contributed by atoms with Crippen LogP contribution in [0.25, 0.3) is 5.69 Å². The molecular formula is C22H16BrClFN7O3. The Balaban J connectivity index is 1.75. The van der Waals surface area contributed by atoms with Gasteiger partial charge in [0, 0.05) is 30.8 Å². The third-order valence-electron chi connectivity index (χ3n) is 5.14. The van der Waals surface area contributed by atoms with E-state index in [-0.39, 0.29) is 16.6 Å². The van der Waals surface area contributed by atoms with Gasteiger partial charge in [0.25, 0.3) is 0 Å². The Hall–Kier alpha value is -3.82. The molecule has 0 aliphatic carbocycles.